The van der Waals surface area contributed by atoms with Crippen LogP contribution >= 0.6 is 0 Å². The van der Waals surface area contributed by atoms with Crippen LogP contribution in [0.1, 0.15) is 66.7 Å². The molecule has 0 spiro atoms. The maximum Gasteiger partial charge on any atom is 0.343 e. The maximum atomic E-state index is 12.2. The number of rotatable bonds is 10. The van der Waals surface area contributed by atoms with Crippen LogP contribution in [0.5, 0.6) is 11.5 Å². The van der Waals surface area contributed by atoms with Crippen LogP contribution in [0.15, 0.2) is 48.5 Å². The van der Waals surface area contributed by atoms with Crippen molar-refractivity contribution in [3.8, 4) is 11.5 Å². The molecule has 1 atom stereocenters. The Morgan fingerprint density at radius 3 is 1.96 bits per heavy atom. The number of methoxy groups -OCH3 is 1. The van der Waals surface area contributed by atoms with Crippen molar-refractivity contribution < 1.29 is 23.8 Å². The Hall–Kier alpha value is -2.82. The second-order valence-electron chi connectivity index (χ2n) is 6.71. The molecule has 0 aliphatic carbocycles. The van der Waals surface area contributed by atoms with Gasteiger partial charge in [-0.05, 0) is 68.3 Å². The third kappa shape index (κ3) is 6.72. The summed E-state index contributed by atoms with van der Waals surface area (Å²) in [6, 6.07) is 13.0. The van der Waals surface area contributed by atoms with Gasteiger partial charge in [0.05, 0.1) is 24.3 Å². The first kappa shape index (κ1) is 21.5. The molecule has 0 aliphatic rings. The van der Waals surface area contributed by atoms with Crippen molar-refractivity contribution in [2.24, 2.45) is 0 Å². The molecule has 5 heteroatoms. The van der Waals surface area contributed by atoms with E-state index in [1.54, 1.807) is 55.6 Å². The number of esters is 2. The molecule has 0 aromatic heterocycles. The zero-order valence-electron chi connectivity index (χ0n) is 16.8. The fraction of sp³-hybridized carbons (Fsp3) is 0.391. The first-order valence-corrected chi connectivity index (χ1v) is 9.70. The highest BCUT2D eigenvalue weighted by Gasteiger charge is 2.13. The summed E-state index contributed by atoms with van der Waals surface area (Å²) in [7, 11) is 1.56. The molecule has 0 fully saturated rings. The number of ether oxygens (including phenoxy) is 3. The summed E-state index contributed by atoms with van der Waals surface area (Å²) in [5.74, 6) is 0.193. The van der Waals surface area contributed by atoms with Gasteiger partial charge in [-0.2, -0.15) is 0 Å². The lowest BCUT2D eigenvalue weighted by atomic mass is 10.1. The van der Waals surface area contributed by atoms with Gasteiger partial charge in [0.2, 0.25) is 0 Å². The number of benzene rings is 2. The molecule has 0 radical (unpaired) electrons. The number of unbranched alkanes of at least 4 members (excludes halogenated alkanes) is 3. The number of hydrogen-bond acceptors (Lipinski definition) is 5. The highest BCUT2D eigenvalue weighted by Crippen LogP contribution is 2.18. The van der Waals surface area contributed by atoms with Crippen LogP contribution < -0.4 is 9.47 Å². The van der Waals surface area contributed by atoms with E-state index in [2.05, 4.69) is 6.92 Å². The Labute approximate surface area is 166 Å². The van der Waals surface area contributed by atoms with Gasteiger partial charge in [-0.1, -0.05) is 26.2 Å². The van der Waals surface area contributed by atoms with Gasteiger partial charge in [-0.15, -0.1) is 0 Å². The van der Waals surface area contributed by atoms with Crippen molar-refractivity contribution in [2.75, 3.05) is 7.11 Å². The van der Waals surface area contributed by atoms with E-state index >= 15 is 0 Å². The van der Waals surface area contributed by atoms with Crippen molar-refractivity contribution in [3.63, 3.8) is 0 Å². The Balaban J connectivity index is 1.86. The van der Waals surface area contributed by atoms with E-state index in [1.807, 2.05) is 6.92 Å². The third-order valence-electron chi connectivity index (χ3n) is 4.40. The predicted octanol–water partition coefficient (Wildman–Crippen LogP) is 5.43. The van der Waals surface area contributed by atoms with Gasteiger partial charge in [0.1, 0.15) is 11.5 Å². The highest BCUT2D eigenvalue weighted by molar-refractivity contribution is 5.92. The lowest BCUT2D eigenvalue weighted by Gasteiger charge is -2.13. The van der Waals surface area contributed by atoms with Gasteiger partial charge >= 0.3 is 11.9 Å². The molecule has 0 bridgehead atoms. The SMILES string of the molecule is CCCCCCC(C)OC(=O)c1ccc(OC(=O)c2ccc(OC)cc2)cc1. The fourth-order valence-electron chi connectivity index (χ4n) is 2.72. The minimum atomic E-state index is -0.473. The second kappa shape index (κ2) is 11.1. The van der Waals surface area contributed by atoms with Gasteiger partial charge in [-0.3, -0.25) is 0 Å². The standard InChI is InChI=1S/C23H28O5/c1-4-5-6-7-8-17(2)27-22(24)18-11-15-21(16-12-18)28-23(25)19-9-13-20(26-3)14-10-19/h9-17H,4-8H2,1-3H3. The summed E-state index contributed by atoms with van der Waals surface area (Å²) < 4.78 is 15.9. The molecule has 2 aromatic rings. The molecule has 1 unspecified atom stereocenters. The van der Waals surface area contributed by atoms with Crippen LogP contribution in [0.3, 0.4) is 0 Å². The Morgan fingerprint density at radius 2 is 1.39 bits per heavy atom. The quantitative estimate of drug-likeness (QED) is 0.310. The van der Waals surface area contributed by atoms with Crippen molar-refractivity contribution in [3.05, 3.63) is 59.7 Å². The van der Waals surface area contributed by atoms with E-state index in [0.717, 1.165) is 19.3 Å². The summed E-state index contributed by atoms with van der Waals surface area (Å²) >= 11 is 0. The highest BCUT2D eigenvalue weighted by atomic mass is 16.5. The van der Waals surface area contributed by atoms with E-state index < -0.39 is 5.97 Å². The normalized spacial score (nSPS) is 11.5. The minimum Gasteiger partial charge on any atom is -0.497 e. The predicted molar refractivity (Wildman–Crippen MR) is 108 cm³/mol. The van der Waals surface area contributed by atoms with Gasteiger partial charge in [0.15, 0.2) is 0 Å². The molecular formula is C23H28O5. The number of hydrogen-bond donors (Lipinski definition) is 0. The van der Waals surface area contributed by atoms with E-state index in [-0.39, 0.29) is 12.1 Å². The van der Waals surface area contributed by atoms with E-state index in [0.29, 0.717) is 22.6 Å². The van der Waals surface area contributed by atoms with Crippen molar-refractivity contribution in [1.29, 1.82) is 0 Å². The number of carbonyl (C=O) groups is 2. The van der Waals surface area contributed by atoms with Crippen LogP contribution in [-0.4, -0.2) is 25.2 Å². The van der Waals surface area contributed by atoms with Crippen LogP contribution in [0.4, 0.5) is 0 Å². The zero-order valence-corrected chi connectivity index (χ0v) is 16.8. The van der Waals surface area contributed by atoms with Gasteiger partial charge in [0.25, 0.3) is 0 Å². The molecule has 5 nitrogen and oxygen atoms in total. The van der Waals surface area contributed by atoms with Crippen LogP contribution in [0, 0.1) is 0 Å². The summed E-state index contributed by atoms with van der Waals surface area (Å²) in [6.07, 6.45) is 5.36. The van der Waals surface area contributed by atoms with E-state index in [9.17, 15) is 9.59 Å². The summed E-state index contributed by atoms with van der Waals surface area (Å²) in [5.41, 5.74) is 0.853. The summed E-state index contributed by atoms with van der Waals surface area (Å²) in [6.45, 7) is 4.08. The molecule has 0 saturated heterocycles. The second-order valence-corrected chi connectivity index (χ2v) is 6.71. The summed E-state index contributed by atoms with van der Waals surface area (Å²) in [4.78, 5) is 24.4. The molecule has 0 saturated carbocycles. The molecular weight excluding hydrogens is 356 g/mol. The van der Waals surface area contributed by atoms with Crippen LogP contribution in [0.25, 0.3) is 0 Å². The molecule has 0 N–H and O–H groups in total. The summed E-state index contributed by atoms with van der Waals surface area (Å²) in [5, 5.41) is 0. The first-order valence-electron chi connectivity index (χ1n) is 9.70. The minimum absolute atomic E-state index is 0.114. The van der Waals surface area contributed by atoms with Gasteiger partial charge in [-0.25, -0.2) is 9.59 Å². The largest absolute Gasteiger partial charge is 0.497 e. The van der Waals surface area contributed by atoms with Crippen molar-refractivity contribution in [1.82, 2.24) is 0 Å². The smallest absolute Gasteiger partial charge is 0.343 e. The average molecular weight is 384 g/mol. The van der Waals surface area contributed by atoms with Crippen molar-refractivity contribution >= 4 is 11.9 Å². The Kier molecular flexibility index (Phi) is 8.53. The third-order valence-corrected chi connectivity index (χ3v) is 4.40. The first-order chi connectivity index (χ1) is 13.5. The van der Waals surface area contributed by atoms with Crippen LogP contribution in [-0.2, 0) is 4.74 Å². The van der Waals surface area contributed by atoms with Crippen LogP contribution in [0.2, 0.25) is 0 Å². The average Bonchev–Trinajstić information content (AvgIpc) is 2.71. The molecule has 150 valence electrons. The van der Waals surface area contributed by atoms with Crippen molar-refractivity contribution in [2.45, 2.75) is 52.1 Å². The monoisotopic (exact) mass is 384 g/mol. The molecule has 2 rings (SSSR count). The molecule has 28 heavy (non-hydrogen) atoms. The molecule has 2 aromatic carbocycles. The van der Waals surface area contributed by atoms with E-state index in [1.165, 1.54) is 12.8 Å². The van der Waals surface area contributed by atoms with E-state index in [4.69, 9.17) is 14.2 Å². The Bertz CT molecular complexity index is 750. The zero-order chi connectivity index (χ0) is 20.4. The maximum absolute atomic E-state index is 12.2. The topological polar surface area (TPSA) is 61.8 Å². The molecule has 0 amide bonds. The van der Waals surface area contributed by atoms with Gasteiger partial charge < -0.3 is 14.2 Å². The molecule has 0 aliphatic heterocycles. The fourth-order valence-corrected chi connectivity index (χ4v) is 2.72. The Morgan fingerprint density at radius 1 is 0.821 bits per heavy atom. The molecule has 0 heterocycles. The lowest BCUT2D eigenvalue weighted by molar-refractivity contribution is 0.0319. The lowest BCUT2D eigenvalue weighted by Crippen LogP contribution is -2.15. The number of carbonyl (C=O) groups excluding carboxylic acids is 2. The van der Waals surface area contributed by atoms with Gasteiger partial charge in [0, 0.05) is 0 Å².